The van der Waals surface area contributed by atoms with Crippen molar-refractivity contribution in [1.29, 1.82) is 0 Å². The number of hydrogen-bond acceptors (Lipinski definition) is 3. The third-order valence-corrected chi connectivity index (χ3v) is 4.89. The number of para-hydroxylation sites is 2. The topological polar surface area (TPSA) is 58.6 Å². The molecule has 0 unspecified atom stereocenters. The molecule has 3 aromatic carbocycles. The summed E-state index contributed by atoms with van der Waals surface area (Å²) in [5, 5.41) is 2.93. The highest BCUT2D eigenvalue weighted by molar-refractivity contribution is 6.04. The Balaban J connectivity index is 1.69. The third kappa shape index (κ3) is 3.22. The summed E-state index contributed by atoms with van der Waals surface area (Å²) in [4.78, 5) is 27.9. The molecule has 140 valence electrons. The molecular formula is C23H20N2O3. The number of nitrogens with one attached hydrogen (secondary N) is 1. The van der Waals surface area contributed by atoms with Gasteiger partial charge < -0.3 is 15.0 Å². The number of ether oxygens (including phenoxy) is 1. The van der Waals surface area contributed by atoms with E-state index in [0.29, 0.717) is 23.5 Å². The molecule has 28 heavy (non-hydrogen) atoms. The maximum atomic E-state index is 13.3. The van der Waals surface area contributed by atoms with Crippen molar-refractivity contribution in [2.24, 2.45) is 0 Å². The highest BCUT2D eigenvalue weighted by atomic mass is 16.5. The van der Waals surface area contributed by atoms with Gasteiger partial charge in [0.2, 0.25) is 0 Å². The summed E-state index contributed by atoms with van der Waals surface area (Å²) in [5.41, 5.74) is 2.91. The lowest BCUT2D eigenvalue weighted by molar-refractivity contribution is -0.120. The Hall–Kier alpha value is -3.60. The van der Waals surface area contributed by atoms with E-state index in [9.17, 15) is 9.59 Å². The van der Waals surface area contributed by atoms with E-state index in [1.54, 1.807) is 30.2 Å². The van der Waals surface area contributed by atoms with Crippen LogP contribution in [0, 0.1) is 0 Å². The molecule has 1 atom stereocenters. The largest absolute Gasteiger partial charge is 0.495 e. The summed E-state index contributed by atoms with van der Waals surface area (Å²) in [6.07, 6.45) is 0. The lowest BCUT2D eigenvalue weighted by Gasteiger charge is -2.27. The fraction of sp³-hybridized carbons (Fsp3) is 0.130. The number of nitrogens with zero attached hydrogens (tertiary/aromatic N) is 1. The van der Waals surface area contributed by atoms with E-state index in [-0.39, 0.29) is 11.8 Å². The van der Waals surface area contributed by atoms with Gasteiger partial charge in [-0.05, 0) is 29.3 Å². The molecule has 5 nitrogen and oxygen atoms in total. The van der Waals surface area contributed by atoms with Crippen molar-refractivity contribution in [1.82, 2.24) is 4.90 Å². The molecule has 0 saturated heterocycles. The minimum Gasteiger partial charge on any atom is -0.495 e. The van der Waals surface area contributed by atoms with E-state index in [4.69, 9.17) is 4.74 Å². The van der Waals surface area contributed by atoms with Crippen LogP contribution in [-0.4, -0.2) is 23.8 Å². The summed E-state index contributed by atoms with van der Waals surface area (Å²) < 4.78 is 5.33. The molecule has 0 bridgehead atoms. The van der Waals surface area contributed by atoms with Crippen molar-refractivity contribution >= 4 is 17.5 Å². The fourth-order valence-corrected chi connectivity index (χ4v) is 3.54. The van der Waals surface area contributed by atoms with Gasteiger partial charge in [-0.3, -0.25) is 9.59 Å². The standard InChI is InChI=1S/C23H20N2O3/c1-28-20-14-8-7-13-19(20)24-22(26)21(16-9-3-2-4-10-16)25-15-17-11-5-6-12-18(17)23(25)27/h2-14,21H,15H2,1H3,(H,24,26)/t21-/m1/s1. The first kappa shape index (κ1) is 17.8. The van der Waals surface area contributed by atoms with Crippen LogP contribution in [0.3, 0.4) is 0 Å². The van der Waals surface area contributed by atoms with Crippen LogP contribution in [0.5, 0.6) is 5.75 Å². The van der Waals surface area contributed by atoms with Crippen LogP contribution >= 0.6 is 0 Å². The quantitative estimate of drug-likeness (QED) is 0.736. The van der Waals surface area contributed by atoms with Crippen LogP contribution in [0.2, 0.25) is 0 Å². The highest BCUT2D eigenvalue weighted by Gasteiger charge is 2.37. The van der Waals surface area contributed by atoms with E-state index >= 15 is 0 Å². The van der Waals surface area contributed by atoms with E-state index in [1.165, 1.54) is 0 Å². The first-order chi connectivity index (χ1) is 13.7. The Morgan fingerprint density at radius 3 is 2.39 bits per heavy atom. The zero-order valence-electron chi connectivity index (χ0n) is 15.5. The number of anilines is 1. The number of carbonyl (C=O) groups is 2. The number of benzene rings is 3. The van der Waals surface area contributed by atoms with Gasteiger partial charge in [0.25, 0.3) is 11.8 Å². The third-order valence-electron chi connectivity index (χ3n) is 4.89. The average molecular weight is 372 g/mol. The van der Waals surface area contributed by atoms with Crippen LogP contribution < -0.4 is 10.1 Å². The van der Waals surface area contributed by atoms with Crippen LogP contribution in [0.25, 0.3) is 0 Å². The van der Waals surface area contributed by atoms with Gasteiger partial charge in [-0.15, -0.1) is 0 Å². The van der Waals surface area contributed by atoms with Gasteiger partial charge in [-0.2, -0.15) is 0 Å². The smallest absolute Gasteiger partial charge is 0.255 e. The molecule has 0 aliphatic carbocycles. The van der Waals surface area contributed by atoms with Gasteiger partial charge in [0.1, 0.15) is 11.8 Å². The first-order valence-corrected chi connectivity index (χ1v) is 9.06. The van der Waals surface area contributed by atoms with Gasteiger partial charge in [-0.1, -0.05) is 60.7 Å². The van der Waals surface area contributed by atoms with Crippen molar-refractivity contribution in [2.45, 2.75) is 12.6 Å². The molecule has 1 aliphatic heterocycles. The molecule has 1 heterocycles. The fourth-order valence-electron chi connectivity index (χ4n) is 3.54. The minimum atomic E-state index is -0.744. The molecule has 1 aliphatic rings. The van der Waals surface area contributed by atoms with Crippen molar-refractivity contribution in [3.8, 4) is 5.75 Å². The van der Waals surface area contributed by atoms with Gasteiger partial charge in [-0.25, -0.2) is 0 Å². The summed E-state index contributed by atoms with van der Waals surface area (Å²) in [7, 11) is 1.56. The Morgan fingerprint density at radius 2 is 1.64 bits per heavy atom. The average Bonchev–Trinajstić information content (AvgIpc) is 3.06. The molecule has 0 saturated carbocycles. The van der Waals surface area contributed by atoms with E-state index in [0.717, 1.165) is 11.1 Å². The second-order valence-electron chi connectivity index (χ2n) is 6.59. The van der Waals surface area contributed by atoms with Crippen molar-refractivity contribution in [3.63, 3.8) is 0 Å². The zero-order chi connectivity index (χ0) is 19.5. The molecule has 0 fully saturated rings. The van der Waals surface area contributed by atoms with Crippen LogP contribution in [0.15, 0.2) is 78.9 Å². The number of rotatable bonds is 5. The molecule has 2 amide bonds. The van der Waals surface area contributed by atoms with E-state index < -0.39 is 6.04 Å². The minimum absolute atomic E-state index is 0.139. The molecule has 0 aromatic heterocycles. The van der Waals surface area contributed by atoms with E-state index in [2.05, 4.69) is 5.32 Å². The van der Waals surface area contributed by atoms with Gasteiger partial charge in [0.05, 0.1) is 12.8 Å². The summed E-state index contributed by atoms with van der Waals surface area (Å²) >= 11 is 0. The first-order valence-electron chi connectivity index (χ1n) is 9.06. The predicted octanol–water partition coefficient (Wildman–Crippen LogP) is 4.03. The van der Waals surface area contributed by atoms with Crippen molar-refractivity contribution in [2.75, 3.05) is 12.4 Å². The van der Waals surface area contributed by atoms with Gasteiger partial charge in [0.15, 0.2) is 0 Å². The van der Waals surface area contributed by atoms with Gasteiger partial charge >= 0.3 is 0 Å². The van der Waals surface area contributed by atoms with Crippen molar-refractivity contribution < 1.29 is 14.3 Å². The van der Waals surface area contributed by atoms with Crippen LogP contribution in [0.4, 0.5) is 5.69 Å². The second kappa shape index (κ2) is 7.56. The Labute approximate surface area is 163 Å². The molecule has 0 radical (unpaired) electrons. The number of amides is 2. The lowest BCUT2D eigenvalue weighted by atomic mass is 10.0. The maximum Gasteiger partial charge on any atom is 0.255 e. The number of carbonyl (C=O) groups excluding carboxylic acids is 2. The summed E-state index contributed by atoms with van der Waals surface area (Å²) in [6, 6.07) is 23.3. The molecule has 3 aromatic rings. The molecule has 1 N–H and O–H groups in total. The highest BCUT2D eigenvalue weighted by Crippen LogP contribution is 2.33. The molecule has 4 rings (SSSR count). The molecule has 5 heteroatoms. The maximum absolute atomic E-state index is 13.3. The number of hydrogen-bond donors (Lipinski definition) is 1. The monoisotopic (exact) mass is 372 g/mol. The number of methoxy groups -OCH3 is 1. The van der Waals surface area contributed by atoms with Crippen molar-refractivity contribution in [3.05, 3.63) is 95.6 Å². The van der Waals surface area contributed by atoms with Gasteiger partial charge in [0, 0.05) is 12.1 Å². The second-order valence-corrected chi connectivity index (χ2v) is 6.59. The van der Waals surface area contributed by atoms with Crippen LogP contribution in [-0.2, 0) is 11.3 Å². The zero-order valence-corrected chi connectivity index (χ0v) is 15.5. The van der Waals surface area contributed by atoms with E-state index in [1.807, 2.05) is 60.7 Å². The normalized spacial score (nSPS) is 13.8. The SMILES string of the molecule is COc1ccccc1NC(=O)[C@@H](c1ccccc1)N1Cc2ccccc2C1=O. The predicted molar refractivity (Wildman–Crippen MR) is 107 cm³/mol. The molecule has 0 spiro atoms. The lowest BCUT2D eigenvalue weighted by Crippen LogP contribution is -2.37. The summed E-state index contributed by atoms with van der Waals surface area (Å²) in [6.45, 7) is 0.397. The molecular weight excluding hydrogens is 352 g/mol. The Kier molecular flexibility index (Phi) is 4.81. The Morgan fingerprint density at radius 1 is 0.964 bits per heavy atom. The summed E-state index contributed by atoms with van der Waals surface area (Å²) in [5.74, 6) is 0.148. The number of fused-ring (bicyclic) bond motifs is 1. The Bertz CT molecular complexity index is 1020. The van der Waals surface area contributed by atoms with Crippen LogP contribution in [0.1, 0.15) is 27.5 Å².